The van der Waals surface area contributed by atoms with Crippen molar-refractivity contribution < 1.29 is 29.9 Å². The second kappa shape index (κ2) is 10.7. The molecule has 0 aromatic heterocycles. The molecule has 2 aliphatic rings. The molecule has 174 valence electrons. The smallest absolute Gasteiger partial charge is 0.119 e. The monoisotopic (exact) mass is 480 g/mol. The number of hydrogen-bond acceptors (Lipinski definition) is 7. The first-order valence-corrected chi connectivity index (χ1v) is 12.4. The van der Waals surface area contributed by atoms with E-state index in [1.807, 2.05) is 42.1 Å². The second-order valence-corrected chi connectivity index (χ2v) is 9.98. The van der Waals surface area contributed by atoms with Crippen LogP contribution in [0.5, 0.6) is 5.75 Å². The maximum atomic E-state index is 10.4. The van der Waals surface area contributed by atoms with E-state index in [0.29, 0.717) is 17.0 Å². The molecule has 8 heteroatoms. The molecule has 2 heterocycles. The van der Waals surface area contributed by atoms with Crippen molar-refractivity contribution in [2.24, 2.45) is 0 Å². The molecule has 0 bridgehead atoms. The van der Waals surface area contributed by atoms with Crippen molar-refractivity contribution in [3.05, 3.63) is 64.2 Å². The number of aliphatic hydroxyl groups is 4. The summed E-state index contributed by atoms with van der Waals surface area (Å²) in [5.41, 5.74) is 2.53. The van der Waals surface area contributed by atoms with Crippen molar-refractivity contribution in [3.63, 3.8) is 0 Å². The summed E-state index contributed by atoms with van der Waals surface area (Å²) < 4.78 is 11.8. The van der Waals surface area contributed by atoms with Crippen molar-refractivity contribution in [3.8, 4) is 5.75 Å². The predicted octanol–water partition coefficient (Wildman–Crippen LogP) is 2.72. The summed E-state index contributed by atoms with van der Waals surface area (Å²) >= 11 is 8.40. The van der Waals surface area contributed by atoms with Crippen molar-refractivity contribution >= 4 is 23.4 Å². The fraction of sp³-hybridized carbons (Fsp3) is 0.500. The zero-order valence-corrected chi connectivity index (χ0v) is 19.2. The number of halogens is 1. The van der Waals surface area contributed by atoms with Gasteiger partial charge in [0.05, 0.1) is 6.61 Å². The van der Waals surface area contributed by atoms with Gasteiger partial charge in [0.25, 0.3) is 0 Å². The van der Waals surface area contributed by atoms with Crippen molar-refractivity contribution in [1.29, 1.82) is 0 Å². The Morgan fingerprint density at radius 1 is 0.969 bits per heavy atom. The molecule has 0 spiro atoms. The van der Waals surface area contributed by atoms with E-state index in [-0.39, 0.29) is 6.10 Å². The standard InChI is InChI=1S/C24H29ClO6S/c25-19-6-3-15(24-23(29)22(28)21(27)20(13-26)31-24)12-16(19)11-14-1-4-17(5-2-14)30-18-7-9-32-10-8-18/h1-6,12,18,20-24,26-29H,7-11,13H2/t20-,21-,22+,23-,24+/m1/s1. The van der Waals surface area contributed by atoms with Crippen LogP contribution in [0.25, 0.3) is 0 Å². The first-order chi connectivity index (χ1) is 15.5. The van der Waals surface area contributed by atoms with Gasteiger partial charge in [0.15, 0.2) is 0 Å². The van der Waals surface area contributed by atoms with Crippen LogP contribution in [-0.4, -0.2) is 69.1 Å². The van der Waals surface area contributed by atoms with Crippen LogP contribution < -0.4 is 4.74 Å². The number of thioether (sulfide) groups is 1. The lowest BCUT2D eigenvalue weighted by Gasteiger charge is -2.40. The van der Waals surface area contributed by atoms with Gasteiger partial charge in [-0.1, -0.05) is 35.9 Å². The third kappa shape index (κ3) is 5.42. The molecule has 2 saturated heterocycles. The van der Waals surface area contributed by atoms with E-state index in [2.05, 4.69) is 0 Å². The molecule has 2 aromatic rings. The minimum Gasteiger partial charge on any atom is -0.490 e. The van der Waals surface area contributed by atoms with Gasteiger partial charge >= 0.3 is 0 Å². The largest absolute Gasteiger partial charge is 0.490 e. The van der Waals surface area contributed by atoms with Crippen LogP contribution in [0.15, 0.2) is 42.5 Å². The highest BCUT2D eigenvalue weighted by Crippen LogP contribution is 2.34. The molecule has 2 aromatic carbocycles. The van der Waals surface area contributed by atoms with E-state index >= 15 is 0 Å². The van der Waals surface area contributed by atoms with E-state index in [1.165, 1.54) is 0 Å². The average molecular weight is 481 g/mol. The predicted molar refractivity (Wildman–Crippen MR) is 124 cm³/mol. The lowest BCUT2D eigenvalue weighted by molar-refractivity contribution is -0.231. The molecule has 0 amide bonds. The summed E-state index contributed by atoms with van der Waals surface area (Å²) in [5, 5.41) is 40.6. The summed E-state index contributed by atoms with van der Waals surface area (Å²) in [6, 6.07) is 13.3. The van der Waals surface area contributed by atoms with E-state index < -0.39 is 37.1 Å². The minimum atomic E-state index is -1.42. The summed E-state index contributed by atoms with van der Waals surface area (Å²) in [7, 11) is 0. The van der Waals surface area contributed by atoms with E-state index in [1.54, 1.807) is 12.1 Å². The van der Waals surface area contributed by atoms with Crippen LogP contribution in [0.1, 0.15) is 35.6 Å². The quantitative estimate of drug-likeness (QED) is 0.504. The lowest BCUT2D eigenvalue weighted by Crippen LogP contribution is -2.55. The van der Waals surface area contributed by atoms with Gasteiger partial charge in [-0.2, -0.15) is 11.8 Å². The highest BCUT2D eigenvalue weighted by atomic mass is 35.5. The molecule has 0 radical (unpaired) electrons. The second-order valence-electron chi connectivity index (χ2n) is 8.35. The Labute approximate surface area is 197 Å². The van der Waals surface area contributed by atoms with Crippen LogP contribution in [0, 0.1) is 0 Å². The van der Waals surface area contributed by atoms with Gasteiger partial charge in [-0.15, -0.1) is 0 Å². The maximum Gasteiger partial charge on any atom is 0.119 e. The van der Waals surface area contributed by atoms with Crippen molar-refractivity contribution in [1.82, 2.24) is 0 Å². The van der Waals surface area contributed by atoms with E-state index in [9.17, 15) is 20.4 Å². The first-order valence-electron chi connectivity index (χ1n) is 10.9. The summed E-state index contributed by atoms with van der Waals surface area (Å²) in [4.78, 5) is 0. The Bertz CT molecular complexity index is 887. The molecule has 0 saturated carbocycles. The zero-order chi connectivity index (χ0) is 22.7. The highest BCUT2D eigenvalue weighted by molar-refractivity contribution is 7.99. The molecule has 0 unspecified atom stereocenters. The van der Waals surface area contributed by atoms with Gasteiger partial charge in [0.1, 0.15) is 42.4 Å². The van der Waals surface area contributed by atoms with E-state index in [4.69, 9.17) is 21.1 Å². The molecule has 2 aliphatic heterocycles. The Morgan fingerprint density at radius 2 is 1.69 bits per heavy atom. The molecule has 32 heavy (non-hydrogen) atoms. The third-order valence-corrected chi connectivity index (χ3v) is 7.50. The Balaban J connectivity index is 1.47. The van der Waals surface area contributed by atoms with Gasteiger partial charge in [-0.25, -0.2) is 0 Å². The topological polar surface area (TPSA) is 99.4 Å². The van der Waals surface area contributed by atoms with Crippen LogP contribution in [0.3, 0.4) is 0 Å². The van der Waals surface area contributed by atoms with Crippen LogP contribution in [-0.2, 0) is 11.2 Å². The maximum absolute atomic E-state index is 10.4. The van der Waals surface area contributed by atoms with Crippen LogP contribution >= 0.6 is 23.4 Å². The number of rotatable bonds is 6. The normalized spacial score (nSPS) is 29.1. The molecule has 4 rings (SSSR count). The minimum absolute atomic E-state index is 0.284. The molecule has 5 atom stereocenters. The fourth-order valence-electron chi connectivity index (χ4n) is 4.18. The molecular formula is C24H29ClO6S. The molecule has 4 N–H and O–H groups in total. The Morgan fingerprint density at radius 3 is 2.38 bits per heavy atom. The third-order valence-electron chi connectivity index (χ3n) is 6.08. The highest BCUT2D eigenvalue weighted by Gasteiger charge is 2.44. The summed E-state index contributed by atoms with van der Waals surface area (Å²) in [6.07, 6.45) is -2.95. The average Bonchev–Trinajstić information content (AvgIpc) is 2.81. The van der Waals surface area contributed by atoms with E-state index in [0.717, 1.165) is 41.2 Å². The fourth-order valence-corrected chi connectivity index (χ4v) is 5.42. The van der Waals surface area contributed by atoms with Gasteiger partial charge < -0.3 is 29.9 Å². The Kier molecular flexibility index (Phi) is 8.00. The molecule has 2 fully saturated rings. The van der Waals surface area contributed by atoms with Crippen molar-refractivity contribution in [2.75, 3.05) is 18.1 Å². The van der Waals surface area contributed by atoms with Crippen LogP contribution in [0.4, 0.5) is 0 Å². The summed E-state index contributed by atoms with van der Waals surface area (Å²) in [6.45, 7) is -0.462. The number of aliphatic hydroxyl groups excluding tert-OH is 4. The first kappa shape index (κ1) is 23.8. The summed E-state index contributed by atoms with van der Waals surface area (Å²) in [5.74, 6) is 3.16. The van der Waals surface area contributed by atoms with Gasteiger partial charge in [0, 0.05) is 5.02 Å². The van der Waals surface area contributed by atoms with Gasteiger partial charge in [0.2, 0.25) is 0 Å². The molecule has 6 nitrogen and oxygen atoms in total. The molecule has 0 aliphatic carbocycles. The van der Waals surface area contributed by atoms with Gasteiger partial charge in [-0.05, 0) is 65.7 Å². The van der Waals surface area contributed by atoms with Crippen molar-refractivity contribution in [2.45, 2.75) is 55.9 Å². The van der Waals surface area contributed by atoms with Gasteiger partial charge in [-0.3, -0.25) is 0 Å². The SMILES string of the molecule is OC[C@H]1O[C@@H](c2ccc(Cl)c(Cc3ccc(OC4CCSCC4)cc3)c2)[C@H](O)[C@@H](O)[C@@H]1O. The van der Waals surface area contributed by atoms with Crippen LogP contribution in [0.2, 0.25) is 5.02 Å². The molecular weight excluding hydrogens is 452 g/mol. The number of benzene rings is 2. The lowest BCUT2D eigenvalue weighted by atomic mass is 9.90. The Hall–Kier alpha value is -1.32. The zero-order valence-electron chi connectivity index (χ0n) is 17.6. The number of ether oxygens (including phenoxy) is 2. The number of hydrogen-bond donors (Lipinski definition) is 4.